The van der Waals surface area contributed by atoms with Gasteiger partial charge in [-0.3, -0.25) is 14.4 Å². The molecule has 0 atom stereocenters. The molecule has 28 heavy (non-hydrogen) atoms. The van der Waals surface area contributed by atoms with Gasteiger partial charge in [-0.05, 0) is 62.1 Å². The maximum atomic E-state index is 12.1. The highest BCUT2D eigenvalue weighted by Crippen LogP contribution is 2.19. The lowest BCUT2D eigenvalue weighted by molar-refractivity contribution is -0.147. The molecule has 0 radical (unpaired) electrons. The molecule has 2 aromatic carbocycles. The van der Waals surface area contributed by atoms with Gasteiger partial charge >= 0.3 is 5.97 Å². The molecule has 0 aliphatic heterocycles. The number of ether oxygens (including phenoxy) is 1. The number of esters is 1. The summed E-state index contributed by atoms with van der Waals surface area (Å²) >= 11 is 0. The average molecular weight is 382 g/mol. The summed E-state index contributed by atoms with van der Waals surface area (Å²) in [5, 5.41) is 5.50. The maximum Gasteiger partial charge on any atom is 0.306 e. The minimum Gasteiger partial charge on any atom is -0.456 e. The topological polar surface area (TPSA) is 84.5 Å². The van der Waals surface area contributed by atoms with Gasteiger partial charge in [0, 0.05) is 17.8 Å². The van der Waals surface area contributed by atoms with Crippen molar-refractivity contribution in [3.05, 3.63) is 58.7 Å². The molecule has 0 aromatic heterocycles. The van der Waals surface area contributed by atoms with E-state index in [4.69, 9.17) is 4.74 Å². The van der Waals surface area contributed by atoms with Crippen LogP contribution in [0, 0.1) is 27.7 Å². The highest BCUT2D eigenvalue weighted by atomic mass is 16.5. The SMILES string of the molecule is Cc1ccc(NC(=O)COC(=O)CCC(=O)Nc2c(C)cccc2C)cc1C. The van der Waals surface area contributed by atoms with Crippen LogP contribution in [0.4, 0.5) is 11.4 Å². The third-order valence-electron chi connectivity index (χ3n) is 4.46. The number of amides is 2. The van der Waals surface area contributed by atoms with Gasteiger partial charge in [0.05, 0.1) is 6.42 Å². The second kappa shape index (κ2) is 9.69. The van der Waals surface area contributed by atoms with Crippen molar-refractivity contribution in [3.8, 4) is 0 Å². The number of rotatable bonds is 7. The molecule has 0 aliphatic rings. The van der Waals surface area contributed by atoms with Crippen molar-refractivity contribution in [2.45, 2.75) is 40.5 Å². The fourth-order valence-corrected chi connectivity index (χ4v) is 2.66. The van der Waals surface area contributed by atoms with Crippen molar-refractivity contribution in [1.82, 2.24) is 0 Å². The minimum absolute atomic E-state index is 0.00855. The van der Waals surface area contributed by atoms with Gasteiger partial charge in [0.2, 0.25) is 5.91 Å². The lowest BCUT2D eigenvalue weighted by Gasteiger charge is -2.11. The Morgan fingerprint density at radius 1 is 0.786 bits per heavy atom. The molecular formula is C22H26N2O4. The third-order valence-corrected chi connectivity index (χ3v) is 4.46. The van der Waals surface area contributed by atoms with Gasteiger partial charge in [-0.1, -0.05) is 24.3 Å². The van der Waals surface area contributed by atoms with Crippen molar-refractivity contribution < 1.29 is 19.1 Å². The Bertz CT molecular complexity index is 870. The Balaban J connectivity index is 1.74. The molecule has 6 heteroatoms. The summed E-state index contributed by atoms with van der Waals surface area (Å²) in [6, 6.07) is 11.3. The first kappa shape index (κ1) is 21.2. The van der Waals surface area contributed by atoms with E-state index in [1.807, 2.05) is 58.0 Å². The fourth-order valence-electron chi connectivity index (χ4n) is 2.66. The fraction of sp³-hybridized carbons (Fsp3) is 0.318. The Morgan fingerprint density at radius 3 is 2.11 bits per heavy atom. The molecule has 2 N–H and O–H groups in total. The minimum atomic E-state index is -0.591. The highest BCUT2D eigenvalue weighted by Gasteiger charge is 2.12. The molecule has 0 saturated heterocycles. The van der Waals surface area contributed by atoms with Crippen LogP contribution in [-0.2, 0) is 19.1 Å². The normalized spacial score (nSPS) is 10.3. The average Bonchev–Trinajstić information content (AvgIpc) is 2.64. The van der Waals surface area contributed by atoms with E-state index in [2.05, 4.69) is 10.6 Å². The largest absolute Gasteiger partial charge is 0.456 e. The van der Waals surface area contributed by atoms with Crippen molar-refractivity contribution in [3.63, 3.8) is 0 Å². The Kier molecular flexibility index (Phi) is 7.32. The summed E-state index contributed by atoms with van der Waals surface area (Å²) < 4.78 is 4.95. The molecule has 0 spiro atoms. The number of nitrogens with one attached hydrogen (secondary N) is 2. The molecule has 0 unspecified atom stereocenters. The van der Waals surface area contributed by atoms with Gasteiger partial charge in [0.25, 0.3) is 5.91 Å². The molecule has 0 heterocycles. The standard InChI is InChI=1S/C22H26N2O4/c1-14-8-9-18(12-17(14)4)23-20(26)13-28-21(27)11-10-19(25)24-22-15(2)6-5-7-16(22)3/h5-9,12H,10-11,13H2,1-4H3,(H,23,26)(H,24,25). The van der Waals surface area contributed by atoms with E-state index in [9.17, 15) is 14.4 Å². The lowest BCUT2D eigenvalue weighted by Crippen LogP contribution is -2.22. The van der Waals surface area contributed by atoms with Crippen LogP contribution in [0.5, 0.6) is 0 Å². The van der Waals surface area contributed by atoms with E-state index in [1.165, 1.54) is 0 Å². The van der Waals surface area contributed by atoms with E-state index in [1.54, 1.807) is 6.07 Å². The molecule has 148 valence electrons. The number of carbonyl (C=O) groups excluding carboxylic acids is 3. The van der Waals surface area contributed by atoms with Crippen LogP contribution in [0.2, 0.25) is 0 Å². The van der Waals surface area contributed by atoms with Crippen molar-refractivity contribution in [2.24, 2.45) is 0 Å². The summed E-state index contributed by atoms with van der Waals surface area (Å²) in [6.07, 6.45) is -0.0981. The van der Waals surface area contributed by atoms with Gasteiger partial charge in [-0.15, -0.1) is 0 Å². The molecule has 0 aliphatic carbocycles. The van der Waals surface area contributed by atoms with Crippen LogP contribution in [0.1, 0.15) is 35.1 Å². The summed E-state index contributed by atoms with van der Waals surface area (Å²) in [7, 11) is 0. The van der Waals surface area contributed by atoms with Crippen molar-refractivity contribution in [1.29, 1.82) is 0 Å². The lowest BCUT2D eigenvalue weighted by atomic mass is 10.1. The van der Waals surface area contributed by atoms with Crippen LogP contribution >= 0.6 is 0 Å². The quantitative estimate of drug-likeness (QED) is 0.713. The zero-order valence-corrected chi connectivity index (χ0v) is 16.7. The van der Waals surface area contributed by atoms with Gasteiger partial charge in [-0.25, -0.2) is 0 Å². The van der Waals surface area contributed by atoms with E-state index >= 15 is 0 Å². The zero-order valence-electron chi connectivity index (χ0n) is 16.7. The molecule has 2 aromatic rings. The number of benzene rings is 2. The van der Waals surface area contributed by atoms with E-state index in [0.717, 1.165) is 27.9 Å². The van der Waals surface area contributed by atoms with Crippen LogP contribution < -0.4 is 10.6 Å². The number of carbonyl (C=O) groups is 3. The monoisotopic (exact) mass is 382 g/mol. The van der Waals surface area contributed by atoms with Crippen LogP contribution in [-0.4, -0.2) is 24.4 Å². The number of anilines is 2. The zero-order chi connectivity index (χ0) is 20.7. The van der Waals surface area contributed by atoms with Crippen LogP contribution in [0.3, 0.4) is 0 Å². The summed E-state index contributed by atoms with van der Waals surface area (Å²) in [4.78, 5) is 35.8. The van der Waals surface area contributed by atoms with Gasteiger partial charge in [0.15, 0.2) is 6.61 Å². The summed E-state index contributed by atoms with van der Waals surface area (Å²) in [6.45, 7) is 7.37. The highest BCUT2D eigenvalue weighted by molar-refractivity contribution is 5.95. The number of hydrogen-bond acceptors (Lipinski definition) is 4. The molecule has 2 rings (SSSR count). The first-order valence-electron chi connectivity index (χ1n) is 9.15. The van der Waals surface area contributed by atoms with Crippen molar-refractivity contribution >= 4 is 29.2 Å². The number of para-hydroxylation sites is 1. The third kappa shape index (κ3) is 6.23. The predicted octanol–water partition coefficient (Wildman–Crippen LogP) is 3.82. The van der Waals surface area contributed by atoms with Gasteiger partial charge in [0.1, 0.15) is 0 Å². The number of aryl methyl sites for hydroxylation is 4. The van der Waals surface area contributed by atoms with Gasteiger partial charge in [-0.2, -0.15) is 0 Å². The Hall–Kier alpha value is -3.15. The van der Waals surface area contributed by atoms with Gasteiger partial charge < -0.3 is 15.4 Å². The summed E-state index contributed by atoms with van der Waals surface area (Å²) in [5.74, 6) is -1.28. The second-order valence-electron chi connectivity index (χ2n) is 6.82. The maximum absolute atomic E-state index is 12.1. The van der Waals surface area contributed by atoms with E-state index in [-0.39, 0.29) is 25.4 Å². The predicted molar refractivity (Wildman–Crippen MR) is 109 cm³/mol. The van der Waals surface area contributed by atoms with E-state index < -0.39 is 11.9 Å². The Morgan fingerprint density at radius 2 is 1.46 bits per heavy atom. The molecule has 2 amide bonds. The van der Waals surface area contributed by atoms with Crippen LogP contribution in [0.15, 0.2) is 36.4 Å². The molecule has 6 nitrogen and oxygen atoms in total. The van der Waals surface area contributed by atoms with E-state index in [0.29, 0.717) is 5.69 Å². The van der Waals surface area contributed by atoms with Crippen molar-refractivity contribution in [2.75, 3.05) is 17.2 Å². The molecular weight excluding hydrogens is 356 g/mol. The molecule has 0 bridgehead atoms. The molecule has 0 saturated carbocycles. The molecule has 0 fully saturated rings. The van der Waals surface area contributed by atoms with Crippen LogP contribution in [0.25, 0.3) is 0 Å². The summed E-state index contributed by atoms with van der Waals surface area (Å²) in [5.41, 5.74) is 5.51. The first-order chi connectivity index (χ1) is 13.3. The number of hydrogen-bond donors (Lipinski definition) is 2. The smallest absolute Gasteiger partial charge is 0.306 e. The Labute approximate surface area is 165 Å². The second-order valence-corrected chi connectivity index (χ2v) is 6.82. The first-order valence-corrected chi connectivity index (χ1v) is 9.15.